The number of aromatic nitrogens is 1. The zero-order valence-corrected chi connectivity index (χ0v) is 22.0. The maximum absolute atomic E-state index is 13.2. The van der Waals surface area contributed by atoms with Gasteiger partial charge in [0.05, 0.1) is 16.9 Å². The highest BCUT2D eigenvalue weighted by molar-refractivity contribution is 7.99. The Kier molecular flexibility index (Phi) is 7.84. The van der Waals surface area contributed by atoms with E-state index in [4.69, 9.17) is 23.2 Å². The van der Waals surface area contributed by atoms with Crippen molar-refractivity contribution in [2.75, 3.05) is 11.4 Å². The largest absolute Gasteiger partial charge is 0.364 e. The highest BCUT2D eigenvalue weighted by Gasteiger charge is 2.26. The molecule has 1 aliphatic carbocycles. The van der Waals surface area contributed by atoms with Crippen molar-refractivity contribution in [2.24, 2.45) is 5.92 Å². The minimum atomic E-state index is -1.75. The first kappa shape index (κ1) is 25.8. The van der Waals surface area contributed by atoms with Gasteiger partial charge in [0.15, 0.2) is 6.29 Å². The molecule has 5 nitrogen and oxygen atoms in total. The topological polar surface area (TPSA) is 73.7 Å². The number of carbonyl (C=O) groups is 1. The average molecular weight is 551 g/mol. The number of anilines is 2. The molecule has 0 bridgehead atoms. The summed E-state index contributed by atoms with van der Waals surface area (Å²) in [5.74, 6) is 0.338. The molecule has 3 aromatic carbocycles. The molecule has 0 atom stereocenters. The third-order valence-electron chi connectivity index (χ3n) is 6.17. The van der Waals surface area contributed by atoms with Gasteiger partial charge in [-0.1, -0.05) is 47.1 Å². The molecule has 0 spiro atoms. The molecule has 1 saturated carbocycles. The lowest BCUT2D eigenvalue weighted by Crippen LogP contribution is -2.20. The fourth-order valence-electron chi connectivity index (χ4n) is 4.00. The second kappa shape index (κ2) is 11.3. The number of aliphatic hydroxyl groups is 2. The number of aliphatic hydroxyl groups excluding tert-OH is 1. The fourth-order valence-corrected chi connectivity index (χ4v) is 5.34. The monoisotopic (exact) mass is 550 g/mol. The Morgan fingerprint density at radius 2 is 1.68 bits per heavy atom. The molecule has 0 aliphatic heterocycles. The van der Waals surface area contributed by atoms with E-state index in [1.165, 1.54) is 30.7 Å². The van der Waals surface area contributed by atoms with E-state index in [-0.39, 0.29) is 17.0 Å². The number of halogens is 2. The molecule has 1 aromatic heterocycles. The first-order chi connectivity index (χ1) is 17.9. The van der Waals surface area contributed by atoms with Gasteiger partial charge in [-0.15, -0.1) is 0 Å². The first-order valence-corrected chi connectivity index (χ1v) is 13.4. The summed E-state index contributed by atoms with van der Waals surface area (Å²) in [7, 11) is 0. The summed E-state index contributed by atoms with van der Waals surface area (Å²) in [6.07, 6.45) is 2.37. The number of pyridine rings is 1. The molecule has 2 N–H and O–H groups in total. The van der Waals surface area contributed by atoms with Gasteiger partial charge in [0.25, 0.3) is 0 Å². The standard InChI is InChI=1S/C29H24Cl2N2O3S/c30-20-8-10-21(11-9-20)33(17-18-5-6-18)22-12-13-25(32-16-22)28(34)19-7-14-26(23(15-19)29(35)36)37-27-4-2-1-3-24(27)31/h1-4,7-16,18,29,35-36H,5-6,17H2. The van der Waals surface area contributed by atoms with Gasteiger partial charge in [-0.3, -0.25) is 9.78 Å². The van der Waals surface area contributed by atoms with Gasteiger partial charge in [-0.25, -0.2) is 0 Å². The van der Waals surface area contributed by atoms with Crippen molar-refractivity contribution in [1.82, 2.24) is 4.98 Å². The third-order valence-corrected chi connectivity index (χ3v) is 8.04. The van der Waals surface area contributed by atoms with Gasteiger partial charge in [0, 0.05) is 38.2 Å². The van der Waals surface area contributed by atoms with E-state index in [9.17, 15) is 15.0 Å². The summed E-state index contributed by atoms with van der Waals surface area (Å²) in [6, 6.07) is 23.4. The van der Waals surface area contributed by atoms with E-state index < -0.39 is 6.29 Å². The van der Waals surface area contributed by atoms with Crippen molar-refractivity contribution in [1.29, 1.82) is 0 Å². The van der Waals surface area contributed by atoms with Gasteiger partial charge < -0.3 is 15.1 Å². The van der Waals surface area contributed by atoms with E-state index in [1.54, 1.807) is 30.5 Å². The van der Waals surface area contributed by atoms with Gasteiger partial charge in [0.1, 0.15) is 5.69 Å². The molecule has 1 fully saturated rings. The quantitative estimate of drug-likeness (QED) is 0.168. The summed E-state index contributed by atoms with van der Waals surface area (Å²) in [6.45, 7) is 0.874. The number of carbonyl (C=O) groups excluding carboxylic acids is 1. The van der Waals surface area contributed by atoms with Crippen LogP contribution in [0.1, 0.15) is 40.7 Å². The summed E-state index contributed by atoms with van der Waals surface area (Å²) in [5.41, 5.74) is 2.73. The van der Waals surface area contributed by atoms with Crippen LogP contribution in [0, 0.1) is 5.92 Å². The van der Waals surface area contributed by atoms with Crippen molar-refractivity contribution >= 4 is 52.1 Å². The highest BCUT2D eigenvalue weighted by atomic mass is 35.5. The maximum Gasteiger partial charge on any atom is 0.211 e. The zero-order valence-electron chi connectivity index (χ0n) is 19.7. The molecular weight excluding hydrogens is 527 g/mol. The molecule has 1 aliphatic rings. The van der Waals surface area contributed by atoms with Crippen molar-refractivity contribution in [3.63, 3.8) is 0 Å². The molecule has 0 amide bonds. The minimum absolute atomic E-state index is 0.228. The smallest absolute Gasteiger partial charge is 0.211 e. The second-order valence-corrected chi connectivity index (χ2v) is 10.8. The SMILES string of the molecule is O=C(c1ccc(Sc2ccccc2Cl)c(C(O)O)c1)c1ccc(N(CC2CC2)c2ccc(Cl)cc2)cn1. The molecule has 37 heavy (non-hydrogen) atoms. The van der Waals surface area contributed by atoms with E-state index in [1.807, 2.05) is 48.5 Å². The van der Waals surface area contributed by atoms with E-state index in [0.29, 0.717) is 26.4 Å². The van der Waals surface area contributed by atoms with Crippen LogP contribution in [0.25, 0.3) is 0 Å². The number of hydrogen-bond donors (Lipinski definition) is 2. The zero-order chi connectivity index (χ0) is 25.9. The molecule has 0 radical (unpaired) electrons. The van der Waals surface area contributed by atoms with Crippen LogP contribution < -0.4 is 4.90 Å². The summed E-state index contributed by atoms with van der Waals surface area (Å²) in [5, 5.41) is 21.2. The molecule has 4 aromatic rings. The minimum Gasteiger partial charge on any atom is -0.364 e. The molecule has 0 unspecified atom stereocenters. The molecule has 5 rings (SSSR count). The van der Waals surface area contributed by atoms with Crippen LogP contribution in [-0.4, -0.2) is 27.5 Å². The predicted molar refractivity (Wildman–Crippen MR) is 148 cm³/mol. The van der Waals surface area contributed by atoms with Gasteiger partial charge in [-0.2, -0.15) is 0 Å². The van der Waals surface area contributed by atoms with Gasteiger partial charge in [-0.05, 0) is 85.5 Å². The van der Waals surface area contributed by atoms with Crippen LogP contribution >= 0.6 is 35.0 Å². The lowest BCUT2D eigenvalue weighted by molar-refractivity contribution is -0.0445. The van der Waals surface area contributed by atoms with Crippen molar-refractivity contribution < 1.29 is 15.0 Å². The maximum atomic E-state index is 13.2. The molecule has 8 heteroatoms. The summed E-state index contributed by atoms with van der Waals surface area (Å²) in [4.78, 5) is 21.3. The van der Waals surface area contributed by atoms with Crippen molar-refractivity contribution in [3.05, 3.63) is 112 Å². The Morgan fingerprint density at radius 3 is 2.32 bits per heavy atom. The van der Waals surface area contributed by atoms with Crippen LogP contribution in [0.5, 0.6) is 0 Å². The van der Waals surface area contributed by atoms with Crippen LogP contribution in [0.3, 0.4) is 0 Å². The highest BCUT2D eigenvalue weighted by Crippen LogP contribution is 2.38. The van der Waals surface area contributed by atoms with E-state index >= 15 is 0 Å². The number of rotatable bonds is 9. The van der Waals surface area contributed by atoms with E-state index in [2.05, 4.69) is 9.88 Å². The number of nitrogens with zero attached hydrogens (tertiary/aromatic N) is 2. The Balaban J connectivity index is 1.39. The number of hydrogen-bond acceptors (Lipinski definition) is 6. The van der Waals surface area contributed by atoms with Crippen LogP contribution in [0.4, 0.5) is 11.4 Å². The Morgan fingerprint density at radius 1 is 0.946 bits per heavy atom. The number of benzene rings is 3. The second-order valence-electron chi connectivity index (χ2n) is 8.92. The van der Waals surface area contributed by atoms with Gasteiger partial charge >= 0.3 is 0 Å². The average Bonchev–Trinajstić information content (AvgIpc) is 3.73. The van der Waals surface area contributed by atoms with Crippen LogP contribution in [0.15, 0.2) is 94.9 Å². The first-order valence-electron chi connectivity index (χ1n) is 11.9. The molecule has 0 saturated heterocycles. The summed E-state index contributed by atoms with van der Waals surface area (Å²) >= 11 is 13.6. The third kappa shape index (κ3) is 6.17. The lowest BCUT2D eigenvalue weighted by Gasteiger charge is -2.25. The normalized spacial score (nSPS) is 13.1. The molecule has 1 heterocycles. The molecule has 188 valence electrons. The summed E-state index contributed by atoms with van der Waals surface area (Å²) < 4.78 is 0. The van der Waals surface area contributed by atoms with Crippen molar-refractivity contribution in [2.45, 2.75) is 28.9 Å². The van der Waals surface area contributed by atoms with Gasteiger partial charge in [0.2, 0.25) is 5.78 Å². The Labute approximate surface area is 229 Å². The van der Waals surface area contributed by atoms with Crippen LogP contribution in [0.2, 0.25) is 10.0 Å². The number of ketones is 1. The Bertz CT molecular complexity index is 1410. The predicted octanol–water partition coefficient (Wildman–Crippen LogP) is 7.30. The van der Waals surface area contributed by atoms with Crippen molar-refractivity contribution in [3.8, 4) is 0 Å². The Hall–Kier alpha value is -2.87. The molecular formula is C29H24Cl2N2O3S. The van der Waals surface area contributed by atoms with Crippen LogP contribution in [-0.2, 0) is 0 Å². The lowest BCUT2D eigenvalue weighted by atomic mass is 10.0. The fraction of sp³-hybridized carbons (Fsp3) is 0.172. The van der Waals surface area contributed by atoms with E-state index in [0.717, 1.165) is 22.8 Å².